The molecule has 2 heterocycles. The Hall–Kier alpha value is -3.12. The molecule has 1 N–H and O–H groups in total. The number of benzene rings is 2. The summed E-state index contributed by atoms with van der Waals surface area (Å²) < 4.78 is 2.19. The van der Waals surface area contributed by atoms with Crippen molar-refractivity contribution in [2.75, 3.05) is 5.32 Å². The van der Waals surface area contributed by atoms with Crippen molar-refractivity contribution < 1.29 is 0 Å². The van der Waals surface area contributed by atoms with Crippen molar-refractivity contribution in [2.24, 2.45) is 0 Å². The summed E-state index contributed by atoms with van der Waals surface area (Å²) in [4.78, 5) is 14.9. The van der Waals surface area contributed by atoms with E-state index in [2.05, 4.69) is 83.1 Å². The highest BCUT2D eigenvalue weighted by atomic mass is 32.2. The average Bonchev–Trinajstić information content (AvgIpc) is 3.17. The van der Waals surface area contributed by atoms with Gasteiger partial charge < -0.3 is 9.88 Å². The minimum Gasteiger partial charge on any atom is -0.324 e. The highest BCUT2D eigenvalue weighted by Gasteiger charge is 2.13. The molecule has 0 aliphatic heterocycles. The largest absolute Gasteiger partial charge is 0.324 e. The highest BCUT2D eigenvalue weighted by molar-refractivity contribution is 7.98. The van der Waals surface area contributed by atoms with Gasteiger partial charge in [0.05, 0.1) is 17.6 Å². The molecule has 2 aromatic heterocycles. The lowest BCUT2D eigenvalue weighted by Gasteiger charge is -2.14. The number of thioether (sulfide) groups is 1. The van der Waals surface area contributed by atoms with Gasteiger partial charge in [-0.3, -0.25) is 0 Å². The van der Waals surface area contributed by atoms with E-state index in [1.807, 2.05) is 37.0 Å². The number of aromatic nitrogens is 4. The molecule has 4 rings (SSSR count). The van der Waals surface area contributed by atoms with E-state index in [1.165, 1.54) is 10.5 Å². The van der Waals surface area contributed by atoms with Crippen LogP contribution in [0, 0.1) is 13.8 Å². The molecule has 0 bridgehead atoms. The van der Waals surface area contributed by atoms with E-state index in [0.717, 1.165) is 34.2 Å². The molecule has 0 saturated carbocycles. The number of nitrogens with one attached hydrogen (secondary N) is 1. The van der Waals surface area contributed by atoms with Gasteiger partial charge in [0.25, 0.3) is 0 Å². The summed E-state index contributed by atoms with van der Waals surface area (Å²) in [5, 5.41) is 3.38. The Morgan fingerprint density at radius 3 is 2.55 bits per heavy atom. The standard InChI is InChI=1S/C25H27N5S/c1-17(2)30-19(4)27-15-24(30)23-12-13-26-25(29-23)28-22-11-10-21(14-18(22)3)31-16-20-8-6-5-7-9-20/h5-15,17H,16H2,1-4H3,(H,26,28,29). The number of rotatable bonds is 7. The van der Waals surface area contributed by atoms with E-state index < -0.39 is 0 Å². The van der Waals surface area contributed by atoms with Crippen molar-refractivity contribution >= 4 is 23.4 Å². The Labute approximate surface area is 188 Å². The van der Waals surface area contributed by atoms with Gasteiger partial charge in [0.2, 0.25) is 5.95 Å². The third-order valence-corrected chi connectivity index (χ3v) is 6.17. The predicted molar refractivity (Wildman–Crippen MR) is 129 cm³/mol. The van der Waals surface area contributed by atoms with Crippen LogP contribution in [0.4, 0.5) is 11.6 Å². The lowest BCUT2D eigenvalue weighted by Crippen LogP contribution is -2.06. The summed E-state index contributed by atoms with van der Waals surface area (Å²) >= 11 is 1.84. The summed E-state index contributed by atoms with van der Waals surface area (Å²) in [5.41, 5.74) is 5.36. The van der Waals surface area contributed by atoms with E-state index >= 15 is 0 Å². The summed E-state index contributed by atoms with van der Waals surface area (Å²) in [6, 6.07) is 19.2. The van der Waals surface area contributed by atoms with Crippen molar-refractivity contribution in [1.82, 2.24) is 19.5 Å². The van der Waals surface area contributed by atoms with E-state index in [9.17, 15) is 0 Å². The molecule has 0 saturated heterocycles. The van der Waals surface area contributed by atoms with E-state index in [-0.39, 0.29) is 0 Å². The molecule has 0 atom stereocenters. The molecule has 0 aliphatic carbocycles. The van der Waals surface area contributed by atoms with Gasteiger partial charge in [-0.1, -0.05) is 30.3 Å². The second-order valence-electron chi connectivity index (χ2n) is 7.80. The minimum absolute atomic E-state index is 0.312. The van der Waals surface area contributed by atoms with Gasteiger partial charge in [0.1, 0.15) is 5.82 Å². The lowest BCUT2D eigenvalue weighted by atomic mass is 10.2. The normalized spacial score (nSPS) is 11.1. The van der Waals surface area contributed by atoms with Gasteiger partial charge >= 0.3 is 0 Å². The first-order valence-corrected chi connectivity index (χ1v) is 11.4. The molecular weight excluding hydrogens is 402 g/mol. The molecule has 0 radical (unpaired) electrons. The van der Waals surface area contributed by atoms with Crippen LogP contribution in [0.25, 0.3) is 11.4 Å². The summed E-state index contributed by atoms with van der Waals surface area (Å²) in [6.45, 7) is 8.43. The number of anilines is 2. The molecule has 158 valence electrons. The smallest absolute Gasteiger partial charge is 0.227 e. The molecule has 0 spiro atoms. The van der Waals surface area contributed by atoms with E-state index in [0.29, 0.717) is 12.0 Å². The summed E-state index contributed by atoms with van der Waals surface area (Å²) in [6.07, 6.45) is 3.67. The highest BCUT2D eigenvalue weighted by Crippen LogP contribution is 2.29. The Morgan fingerprint density at radius 2 is 1.81 bits per heavy atom. The molecule has 31 heavy (non-hydrogen) atoms. The van der Waals surface area contributed by atoms with E-state index in [4.69, 9.17) is 4.98 Å². The second kappa shape index (κ2) is 9.35. The van der Waals surface area contributed by atoms with Crippen LogP contribution < -0.4 is 5.32 Å². The van der Waals surface area contributed by atoms with Crippen LogP contribution in [-0.4, -0.2) is 19.5 Å². The third-order valence-electron chi connectivity index (χ3n) is 5.11. The first-order valence-electron chi connectivity index (χ1n) is 10.4. The van der Waals surface area contributed by atoms with Crippen LogP contribution in [0.1, 0.15) is 36.8 Å². The summed E-state index contributed by atoms with van der Waals surface area (Å²) in [7, 11) is 0. The topological polar surface area (TPSA) is 55.6 Å². The number of imidazole rings is 1. The van der Waals surface area contributed by atoms with Crippen LogP contribution in [0.3, 0.4) is 0 Å². The SMILES string of the molecule is Cc1cc(SCc2ccccc2)ccc1Nc1nccc(-c2cnc(C)n2C(C)C)n1. The predicted octanol–water partition coefficient (Wildman–Crippen LogP) is 6.57. The Bertz CT molecular complexity index is 1170. The summed E-state index contributed by atoms with van der Waals surface area (Å²) in [5.74, 6) is 2.53. The van der Waals surface area contributed by atoms with Gasteiger partial charge in [0, 0.05) is 28.6 Å². The van der Waals surface area contributed by atoms with Gasteiger partial charge in [-0.05, 0) is 63.1 Å². The molecule has 6 heteroatoms. The number of hydrogen-bond donors (Lipinski definition) is 1. The zero-order valence-electron chi connectivity index (χ0n) is 18.3. The first-order chi connectivity index (χ1) is 15.0. The molecule has 0 aliphatic rings. The maximum Gasteiger partial charge on any atom is 0.227 e. The van der Waals surface area contributed by atoms with Crippen molar-refractivity contribution in [2.45, 2.75) is 44.4 Å². The molecule has 0 amide bonds. The number of nitrogens with zero attached hydrogens (tertiary/aromatic N) is 4. The van der Waals surface area contributed by atoms with Crippen molar-refractivity contribution in [1.29, 1.82) is 0 Å². The fourth-order valence-electron chi connectivity index (χ4n) is 3.58. The fourth-order valence-corrected chi connectivity index (χ4v) is 4.53. The molecule has 0 fully saturated rings. The fraction of sp³-hybridized carbons (Fsp3) is 0.240. The maximum atomic E-state index is 4.75. The number of aryl methyl sites for hydroxylation is 2. The van der Waals surface area contributed by atoms with Crippen LogP contribution >= 0.6 is 11.8 Å². The quantitative estimate of drug-likeness (QED) is 0.337. The Balaban J connectivity index is 1.50. The molecule has 0 unspecified atom stereocenters. The van der Waals surface area contributed by atoms with Gasteiger partial charge in [-0.25, -0.2) is 15.0 Å². The van der Waals surface area contributed by atoms with Gasteiger partial charge in [0.15, 0.2) is 0 Å². The average molecular weight is 430 g/mol. The monoisotopic (exact) mass is 429 g/mol. The molecule has 5 nitrogen and oxygen atoms in total. The van der Waals surface area contributed by atoms with Crippen molar-refractivity contribution in [3.8, 4) is 11.4 Å². The molecule has 4 aromatic rings. The van der Waals surface area contributed by atoms with Crippen LogP contribution in [-0.2, 0) is 5.75 Å². The van der Waals surface area contributed by atoms with Crippen molar-refractivity contribution in [3.05, 3.63) is 83.9 Å². The van der Waals surface area contributed by atoms with E-state index in [1.54, 1.807) is 6.20 Å². The Morgan fingerprint density at radius 1 is 1.00 bits per heavy atom. The van der Waals surface area contributed by atoms with Crippen molar-refractivity contribution in [3.63, 3.8) is 0 Å². The van der Waals surface area contributed by atoms with Crippen LogP contribution in [0.2, 0.25) is 0 Å². The lowest BCUT2D eigenvalue weighted by molar-refractivity contribution is 0.587. The molecular formula is C25H27N5S. The zero-order valence-corrected chi connectivity index (χ0v) is 19.1. The zero-order chi connectivity index (χ0) is 21.8. The second-order valence-corrected chi connectivity index (χ2v) is 8.84. The van der Waals surface area contributed by atoms with Crippen LogP contribution in [0.15, 0.2) is 71.9 Å². The number of hydrogen-bond acceptors (Lipinski definition) is 5. The van der Waals surface area contributed by atoms with Crippen LogP contribution in [0.5, 0.6) is 0 Å². The minimum atomic E-state index is 0.312. The maximum absolute atomic E-state index is 4.75. The Kier molecular flexibility index (Phi) is 6.37. The van der Waals surface area contributed by atoms with Gasteiger partial charge in [-0.2, -0.15) is 0 Å². The first kappa shape index (κ1) is 21.1. The molecule has 2 aromatic carbocycles. The third kappa shape index (κ3) is 4.97. The van der Waals surface area contributed by atoms with Gasteiger partial charge in [-0.15, -0.1) is 11.8 Å².